The first-order chi connectivity index (χ1) is 10.2. The van der Waals surface area contributed by atoms with Gasteiger partial charge in [0.2, 0.25) is 0 Å². The van der Waals surface area contributed by atoms with Gasteiger partial charge in [-0.05, 0) is 49.3 Å². The summed E-state index contributed by atoms with van der Waals surface area (Å²) in [5, 5.41) is 5.11. The molecule has 1 fully saturated rings. The van der Waals surface area contributed by atoms with Crippen LogP contribution in [0.1, 0.15) is 64.0 Å². The molecular formula is C18H27Cl2N. The first-order valence-corrected chi connectivity index (χ1v) is 9.10. The van der Waals surface area contributed by atoms with Gasteiger partial charge in [0.15, 0.2) is 0 Å². The Hall–Kier alpha value is -0.240. The molecule has 1 aromatic rings. The zero-order valence-corrected chi connectivity index (χ0v) is 14.7. The van der Waals surface area contributed by atoms with Gasteiger partial charge in [-0.15, -0.1) is 0 Å². The maximum absolute atomic E-state index is 6.47. The highest BCUT2D eigenvalue weighted by atomic mass is 35.5. The summed E-state index contributed by atoms with van der Waals surface area (Å²) in [7, 11) is 0. The van der Waals surface area contributed by atoms with Crippen LogP contribution in [-0.4, -0.2) is 6.54 Å². The third kappa shape index (κ3) is 4.37. The first kappa shape index (κ1) is 17.1. The van der Waals surface area contributed by atoms with E-state index in [1.54, 1.807) is 0 Å². The number of hydrogen-bond donors (Lipinski definition) is 1. The van der Waals surface area contributed by atoms with E-state index in [0.29, 0.717) is 17.0 Å². The van der Waals surface area contributed by atoms with Crippen molar-refractivity contribution < 1.29 is 0 Å². The Morgan fingerprint density at radius 2 is 1.86 bits per heavy atom. The minimum Gasteiger partial charge on any atom is -0.310 e. The van der Waals surface area contributed by atoms with E-state index in [-0.39, 0.29) is 0 Å². The van der Waals surface area contributed by atoms with Gasteiger partial charge in [0.25, 0.3) is 0 Å². The molecule has 1 unspecified atom stereocenters. The molecule has 1 nitrogen and oxygen atoms in total. The summed E-state index contributed by atoms with van der Waals surface area (Å²) in [5.74, 6) is 1.60. The Morgan fingerprint density at radius 1 is 1.14 bits per heavy atom. The summed E-state index contributed by atoms with van der Waals surface area (Å²) in [5.41, 5.74) is 1.18. The van der Waals surface area contributed by atoms with Gasteiger partial charge in [0.1, 0.15) is 0 Å². The SMILES string of the molecule is CCCNC(c1cccc(Cl)c1Cl)C1CCC(CC)CC1. The number of nitrogens with one attached hydrogen (secondary N) is 1. The molecule has 0 aromatic heterocycles. The average Bonchev–Trinajstić information content (AvgIpc) is 2.52. The molecule has 1 atom stereocenters. The highest BCUT2D eigenvalue weighted by molar-refractivity contribution is 6.42. The Balaban J connectivity index is 2.16. The van der Waals surface area contributed by atoms with Crippen LogP contribution < -0.4 is 5.32 Å². The van der Waals surface area contributed by atoms with E-state index in [4.69, 9.17) is 23.2 Å². The molecule has 0 saturated heterocycles. The molecule has 0 bridgehead atoms. The summed E-state index contributed by atoms with van der Waals surface area (Å²) in [6, 6.07) is 6.36. The summed E-state index contributed by atoms with van der Waals surface area (Å²) in [4.78, 5) is 0. The molecule has 118 valence electrons. The zero-order chi connectivity index (χ0) is 15.2. The molecule has 1 aromatic carbocycles. The Morgan fingerprint density at radius 3 is 2.48 bits per heavy atom. The molecule has 0 amide bonds. The van der Waals surface area contributed by atoms with Gasteiger partial charge in [0.05, 0.1) is 10.0 Å². The van der Waals surface area contributed by atoms with Crippen molar-refractivity contribution in [3.63, 3.8) is 0 Å². The van der Waals surface area contributed by atoms with Gasteiger partial charge in [-0.3, -0.25) is 0 Å². The maximum Gasteiger partial charge on any atom is 0.0640 e. The summed E-state index contributed by atoms with van der Waals surface area (Å²) >= 11 is 12.7. The molecule has 3 heteroatoms. The van der Waals surface area contributed by atoms with E-state index in [0.717, 1.165) is 23.9 Å². The van der Waals surface area contributed by atoms with Crippen molar-refractivity contribution in [3.05, 3.63) is 33.8 Å². The normalized spacial score (nSPS) is 24.0. The number of benzene rings is 1. The second-order valence-corrected chi connectivity index (χ2v) is 7.05. The van der Waals surface area contributed by atoms with Crippen LogP contribution in [0.2, 0.25) is 10.0 Å². The maximum atomic E-state index is 6.47. The highest BCUT2D eigenvalue weighted by Gasteiger charge is 2.29. The topological polar surface area (TPSA) is 12.0 Å². The zero-order valence-electron chi connectivity index (χ0n) is 13.2. The van der Waals surface area contributed by atoms with E-state index in [1.807, 2.05) is 12.1 Å². The summed E-state index contributed by atoms with van der Waals surface area (Å²) < 4.78 is 0. The van der Waals surface area contributed by atoms with Crippen molar-refractivity contribution in [3.8, 4) is 0 Å². The van der Waals surface area contributed by atoms with Crippen molar-refractivity contribution in [1.82, 2.24) is 5.32 Å². The lowest BCUT2D eigenvalue weighted by molar-refractivity contribution is 0.219. The molecule has 1 aliphatic carbocycles. The largest absolute Gasteiger partial charge is 0.310 e. The van der Waals surface area contributed by atoms with Gasteiger partial charge in [-0.25, -0.2) is 0 Å². The van der Waals surface area contributed by atoms with E-state index >= 15 is 0 Å². The Labute approximate surface area is 139 Å². The van der Waals surface area contributed by atoms with Gasteiger partial charge in [-0.2, -0.15) is 0 Å². The standard InChI is InChI=1S/C18H27Cl2N/c1-3-12-21-18(14-10-8-13(4-2)9-11-14)15-6-5-7-16(19)17(15)20/h5-7,13-14,18,21H,3-4,8-12H2,1-2H3. The Kier molecular flexibility index (Phi) is 6.85. The number of halogens is 2. The lowest BCUT2D eigenvalue weighted by Crippen LogP contribution is -2.31. The molecule has 0 spiro atoms. The third-order valence-corrected chi connectivity index (χ3v) is 5.70. The van der Waals surface area contributed by atoms with Crippen molar-refractivity contribution in [2.24, 2.45) is 11.8 Å². The summed E-state index contributed by atoms with van der Waals surface area (Å²) in [6.07, 6.45) is 7.75. The molecule has 1 saturated carbocycles. The number of rotatable bonds is 6. The predicted octanol–water partition coefficient (Wildman–Crippen LogP) is 6.25. The van der Waals surface area contributed by atoms with Crippen molar-refractivity contribution in [1.29, 1.82) is 0 Å². The molecule has 0 radical (unpaired) electrons. The van der Waals surface area contributed by atoms with Gasteiger partial charge in [0, 0.05) is 6.04 Å². The fourth-order valence-corrected chi connectivity index (χ4v) is 3.95. The van der Waals surface area contributed by atoms with Crippen LogP contribution in [0.3, 0.4) is 0 Å². The van der Waals surface area contributed by atoms with Gasteiger partial charge >= 0.3 is 0 Å². The van der Waals surface area contributed by atoms with Gasteiger partial charge in [-0.1, -0.05) is 68.4 Å². The molecule has 21 heavy (non-hydrogen) atoms. The molecule has 2 rings (SSSR count). The monoisotopic (exact) mass is 327 g/mol. The van der Waals surface area contributed by atoms with Crippen LogP contribution in [0.25, 0.3) is 0 Å². The van der Waals surface area contributed by atoms with Crippen molar-refractivity contribution >= 4 is 23.2 Å². The second-order valence-electron chi connectivity index (χ2n) is 6.26. The van der Waals surface area contributed by atoms with Gasteiger partial charge < -0.3 is 5.32 Å². The van der Waals surface area contributed by atoms with E-state index in [2.05, 4.69) is 25.2 Å². The lowest BCUT2D eigenvalue weighted by atomic mass is 9.76. The fourth-order valence-electron chi connectivity index (χ4n) is 3.52. The first-order valence-electron chi connectivity index (χ1n) is 8.34. The van der Waals surface area contributed by atoms with E-state index in [1.165, 1.54) is 37.7 Å². The van der Waals surface area contributed by atoms with Crippen LogP contribution in [0.4, 0.5) is 0 Å². The molecule has 0 aliphatic heterocycles. The average molecular weight is 328 g/mol. The molecular weight excluding hydrogens is 301 g/mol. The minimum absolute atomic E-state index is 0.342. The fraction of sp³-hybridized carbons (Fsp3) is 0.667. The minimum atomic E-state index is 0.342. The van der Waals surface area contributed by atoms with Crippen molar-refractivity contribution in [2.45, 2.75) is 58.4 Å². The predicted molar refractivity (Wildman–Crippen MR) is 93.2 cm³/mol. The third-order valence-electron chi connectivity index (χ3n) is 4.87. The second kappa shape index (κ2) is 8.41. The van der Waals surface area contributed by atoms with Crippen LogP contribution in [0, 0.1) is 11.8 Å². The smallest absolute Gasteiger partial charge is 0.0640 e. The van der Waals surface area contributed by atoms with Crippen LogP contribution >= 0.6 is 23.2 Å². The Bertz CT molecular complexity index is 439. The highest BCUT2D eigenvalue weighted by Crippen LogP contribution is 2.41. The summed E-state index contributed by atoms with van der Waals surface area (Å²) in [6.45, 7) is 5.55. The van der Waals surface area contributed by atoms with E-state index < -0.39 is 0 Å². The van der Waals surface area contributed by atoms with Crippen LogP contribution in [-0.2, 0) is 0 Å². The van der Waals surface area contributed by atoms with E-state index in [9.17, 15) is 0 Å². The lowest BCUT2D eigenvalue weighted by Gasteiger charge is -2.35. The van der Waals surface area contributed by atoms with Crippen LogP contribution in [0.15, 0.2) is 18.2 Å². The number of hydrogen-bond acceptors (Lipinski definition) is 1. The quantitative estimate of drug-likeness (QED) is 0.651. The van der Waals surface area contributed by atoms with Crippen molar-refractivity contribution in [2.75, 3.05) is 6.54 Å². The molecule has 0 heterocycles. The molecule has 1 aliphatic rings. The molecule has 1 N–H and O–H groups in total. The van der Waals surface area contributed by atoms with Crippen LogP contribution in [0.5, 0.6) is 0 Å².